The van der Waals surface area contributed by atoms with Gasteiger partial charge in [-0.2, -0.15) is 5.10 Å². The normalized spacial score (nSPS) is 21.4. The SMILES string of the molecule is CCc1ccc(-n2nc(C3CCCN(C)C3)c3c2NCCCC3)cc1. The molecule has 4 rings (SSSR count). The molecule has 134 valence electrons. The van der Waals surface area contributed by atoms with E-state index in [0.29, 0.717) is 5.92 Å². The Hall–Kier alpha value is -1.81. The third-order valence-electron chi connectivity index (χ3n) is 5.76. The highest BCUT2D eigenvalue weighted by atomic mass is 15.3. The van der Waals surface area contributed by atoms with Crippen LogP contribution in [0.1, 0.15) is 55.3 Å². The van der Waals surface area contributed by atoms with Crippen LogP contribution in [0, 0.1) is 0 Å². The number of rotatable bonds is 3. The van der Waals surface area contributed by atoms with Gasteiger partial charge in [0.25, 0.3) is 0 Å². The predicted molar refractivity (Wildman–Crippen MR) is 104 cm³/mol. The molecule has 1 unspecified atom stereocenters. The monoisotopic (exact) mass is 338 g/mol. The van der Waals surface area contributed by atoms with Crippen LogP contribution >= 0.6 is 0 Å². The number of aryl methyl sites for hydroxylation is 1. The van der Waals surface area contributed by atoms with Gasteiger partial charge in [-0.05, 0) is 69.8 Å². The number of likely N-dealkylation sites (N-methyl/N-ethyl adjacent to an activating group) is 1. The number of nitrogens with zero attached hydrogens (tertiary/aromatic N) is 3. The zero-order valence-corrected chi connectivity index (χ0v) is 15.6. The number of hydrogen-bond acceptors (Lipinski definition) is 3. The lowest BCUT2D eigenvalue weighted by Crippen LogP contribution is -2.31. The minimum Gasteiger partial charge on any atom is -0.370 e. The van der Waals surface area contributed by atoms with Crippen molar-refractivity contribution in [2.75, 3.05) is 32.0 Å². The van der Waals surface area contributed by atoms with Crippen LogP contribution < -0.4 is 5.32 Å². The molecule has 4 heteroatoms. The summed E-state index contributed by atoms with van der Waals surface area (Å²) in [5, 5.41) is 8.82. The molecule has 0 aliphatic carbocycles. The first-order chi connectivity index (χ1) is 12.3. The van der Waals surface area contributed by atoms with Gasteiger partial charge in [0.1, 0.15) is 5.82 Å². The van der Waals surface area contributed by atoms with Crippen molar-refractivity contribution in [1.29, 1.82) is 0 Å². The van der Waals surface area contributed by atoms with Crippen LogP contribution in [0.25, 0.3) is 5.69 Å². The minimum absolute atomic E-state index is 0.573. The summed E-state index contributed by atoms with van der Waals surface area (Å²) in [5.74, 6) is 1.81. The minimum atomic E-state index is 0.573. The Bertz CT molecular complexity index is 716. The van der Waals surface area contributed by atoms with E-state index in [1.807, 2.05) is 0 Å². The number of anilines is 1. The molecule has 0 bridgehead atoms. The van der Waals surface area contributed by atoms with Crippen LogP contribution in [0.5, 0.6) is 0 Å². The highest BCUT2D eigenvalue weighted by Gasteiger charge is 2.28. The first-order valence-electron chi connectivity index (χ1n) is 9.89. The Kier molecular flexibility index (Phi) is 4.80. The Balaban J connectivity index is 1.75. The highest BCUT2D eigenvalue weighted by molar-refractivity contribution is 5.55. The van der Waals surface area contributed by atoms with Crippen molar-refractivity contribution in [2.24, 2.45) is 0 Å². The summed E-state index contributed by atoms with van der Waals surface area (Å²) in [5.41, 5.74) is 5.37. The first-order valence-corrected chi connectivity index (χ1v) is 9.89. The fraction of sp³-hybridized carbons (Fsp3) is 0.571. The second-order valence-electron chi connectivity index (χ2n) is 7.63. The summed E-state index contributed by atoms with van der Waals surface area (Å²) in [6, 6.07) is 8.90. The molecule has 0 radical (unpaired) electrons. The van der Waals surface area contributed by atoms with Crippen molar-refractivity contribution in [3.63, 3.8) is 0 Å². The molecule has 1 aromatic carbocycles. The van der Waals surface area contributed by atoms with Gasteiger partial charge in [0, 0.05) is 24.6 Å². The number of hydrogen-bond donors (Lipinski definition) is 1. The van der Waals surface area contributed by atoms with Crippen molar-refractivity contribution in [1.82, 2.24) is 14.7 Å². The average Bonchev–Trinajstić information content (AvgIpc) is 2.83. The zero-order valence-electron chi connectivity index (χ0n) is 15.6. The fourth-order valence-corrected chi connectivity index (χ4v) is 4.31. The van der Waals surface area contributed by atoms with Gasteiger partial charge in [-0.1, -0.05) is 19.1 Å². The van der Waals surface area contributed by atoms with Crippen LogP contribution in [-0.4, -0.2) is 41.4 Å². The number of piperidine rings is 1. The van der Waals surface area contributed by atoms with E-state index < -0.39 is 0 Å². The van der Waals surface area contributed by atoms with E-state index in [1.54, 1.807) is 0 Å². The molecule has 1 fully saturated rings. The molecule has 0 spiro atoms. The van der Waals surface area contributed by atoms with E-state index in [2.05, 4.69) is 53.1 Å². The zero-order chi connectivity index (χ0) is 17.2. The van der Waals surface area contributed by atoms with Gasteiger partial charge in [-0.3, -0.25) is 0 Å². The number of fused-ring (bicyclic) bond motifs is 1. The van der Waals surface area contributed by atoms with E-state index in [-0.39, 0.29) is 0 Å². The second kappa shape index (κ2) is 7.20. The first kappa shape index (κ1) is 16.6. The third kappa shape index (κ3) is 3.32. The molecule has 1 atom stereocenters. The van der Waals surface area contributed by atoms with Gasteiger partial charge < -0.3 is 10.2 Å². The topological polar surface area (TPSA) is 33.1 Å². The Morgan fingerprint density at radius 3 is 2.76 bits per heavy atom. The smallest absolute Gasteiger partial charge is 0.133 e. The molecule has 1 saturated heterocycles. The molecule has 1 N–H and O–H groups in total. The van der Waals surface area contributed by atoms with Gasteiger partial charge in [0.05, 0.1) is 11.4 Å². The Labute approximate surface area is 151 Å². The lowest BCUT2D eigenvalue weighted by atomic mass is 9.91. The summed E-state index contributed by atoms with van der Waals surface area (Å²) in [4.78, 5) is 2.46. The van der Waals surface area contributed by atoms with Crippen molar-refractivity contribution < 1.29 is 0 Å². The standard InChI is InChI=1S/C21H30N4/c1-3-16-9-11-18(12-10-16)25-21-19(8-4-5-13-22-21)20(23-25)17-7-6-14-24(2)15-17/h9-12,17,22H,3-8,13-15H2,1-2H3. The second-order valence-corrected chi connectivity index (χ2v) is 7.63. The molecule has 2 aliphatic rings. The van der Waals surface area contributed by atoms with E-state index >= 15 is 0 Å². The Morgan fingerprint density at radius 2 is 2.00 bits per heavy atom. The van der Waals surface area contributed by atoms with Crippen LogP contribution in [-0.2, 0) is 12.8 Å². The van der Waals surface area contributed by atoms with Gasteiger partial charge in [-0.25, -0.2) is 4.68 Å². The number of nitrogens with one attached hydrogen (secondary N) is 1. The van der Waals surface area contributed by atoms with Crippen LogP contribution in [0.4, 0.5) is 5.82 Å². The molecule has 3 heterocycles. The van der Waals surface area contributed by atoms with E-state index in [0.717, 1.165) is 25.9 Å². The summed E-state index contributed by atoms with van der Waals surface area (Å²) in [6.07, 6.45) is 7.29. The molecule has 1 aromatic heterocycles. The van der Waals surface area contributed by atoms with E-state index in [4.69, 9.17) is 5.10 Å². The van der Waals surface area contributed by atoms with Gasteiger partial charge in [-0.15, -0.1) is 0 Å². The molecule has 4 nitrogen and oxygen atoms in total. The highest BCUT2D eigenvalue weighted by Crippen LogP contribution is 2.35. The fourth-order valence-electron chi connectivity index (χ4n) is 4.31. The summed E-state index contributed by atoms with van der Waals surface area (Å²) < 4.78 is 2.17. The lowest BCUT2D eigenvalue weighted by molar-refractivity contribution is 0.247. The van der Waals surface area contributed by atoms with Crippen LogP contribution in [0.3, 0.4) is 0 Å². The largest absolute Gasteiger partial charge is 0.370 e. The van der Waals surface area contributed by atoms with Gasteiger partial charge in [0.15, 0.2) is 0 Å². The van der Waals surface area contributed by atoms with Crippen LogP contribution in [0.15, 0.2) is 24.3 Å². The van der Waals surface area contributed by atoms with E-state index in [1.165, 1.54) is 60.6 Å². The summed E-state index contributed by atoms with van der Waals surface area (Å²) in [6.45, 7) is 5.61. The number of benzene rings is 1. The molecule has 0 amide bonds. The van der Waals surface area contributed by atoms with Gasteiger partial charge in [0.2, 0.25) is 0 Å². The number of likely N-dealkylation sites (tertiary alicyclic amines) is 1. The number of aromatic nitrogens is 2. The quantitative estimate of drug-likeness (QED) is 0.918. The van der Waals surface area contributed by atoms with Crippen molar-refractivity contribution in [3.8, 4) is 5.69 Å². The summed E-state index contributed by atoms with van der Waals surface area (Å²) in [7, 11) is 2.24. The predicted octanol–water partition coefficient (Wildman–Crippen LogP) is 3.99. The van der Waals surface area contributed by atoms with Crippen molar-refractivity contribution >= 4 is 5.82 Å². The molecular weight excluding hydrogens is 308 g/mol. The molecule has 25 heavy (non-hydrogen) atoms. The molecule has 2 aromatic rings. The Morgan fingerprint density at radius 1 is 1.16 bits per heavy atom. The third-order valence-corrected chi connectivity index (χ3v) is 5.76. The molecular formula is C21H30N4. The molecule has 0 saturated carbocycles. The molecule has 2 aliphatic heterocycles. The lowest BCUT2D eigenvalue weighted by Gasteiger charge is -2.29. The maximum Gasteiger partial charge on any atom is 0.133 e. The van der Waals surface area contributed by atoms with Crippen molar-refractivity contribution in [3.05, 3.63) is 41.1 Å². The maximum atomic E-state index is 5.14. The van der Waals surface area contributed by atoms with E-state index in [9.17, 15) is 0 Å². The summed E-state index contributed by atoms with van der Waals surface area (Å²) >= 11 is 0. The van der Waals surface area contributed by atoms with Crippen LogP contribution in [0.2, 0.25) is 0 Å². The average molecular weight is 338 g/mol. The van der Waals surface area contributed by atoms with Crippen molar-refractivity contribution in [2.45, 2.75) is 51.4 Å². The van der Waals surface area contributed by atoms with Gasteiger partial charge >= 0.3 is 0 Å². The maximum absolute atomic E-state index is 5.14.